The van der Waals surface area contributed by atoms with Gasteiger partial charge in [0.1, 0.15) is 17.3 Å². The third-order valence-electron chi connectivity index (χ3n) is 6.41. The zero-order chi connectivity index (χ0) is 27.3. The minimum atomic E-state index is -4.61. The summed E-state index contributed by atoms with van der Waals surface area (Å²) in [6.07, 6.45) is -0.613. The smallest absolute Gasteiger partial charge is 0.375 e. The summed E-state index contributed by atoms with van der Waals surface area (Å²) >= 11 is 0. The summed E-state index contributed by atoms with van der Waals surface area (Å²) in [7, 11) is 0. The van der Waals surface area contributed by atoms with Crippen molar-refractivity contribution in [1.29, 1.82) is 0 Å². The minimum Gasteiger partial charge on any atom is -0.375 e. The second kappa shape index (κ2) is 12.0. The molecular weight excluding hydrogens is 507 g/mol. The van der Waals surface area contributed by atoms with Crippen molar-refractivity contribution in [1.82, 2.24) is 15.3 Å². The van der Waals surface area contributed by atoms with Crippen LogP contribution in [0.4, 0.5) is 27.6 Å². The molecule has 0 spiro atoms. The Morgan fingerprint density at radius 2 is 1.84 bits per heavy atom. The van der Waals surface area contributed by atoms with Gasteiger partial charge in [0.25, 0.3) is 0 Å². The Bertz CT molecular complexity index is 1230. The van der Waals surface area contributed by atoms with E-state index in [2.05, 4.69) is 20.6 Å². The highest BCUT2D eigenvalue weighted by molar-refractivity contribution is 5.92. The van der Waals surface area contributed by atoms with Crippen molar-refractivity contribution in [3.8, 4) is 0 Å². The number of aromatic nitrogens is 2. The normalized spacial score (nSPS) is 18.7. The molecule has 2 N–H and O–H groups in total. The Labute approximate surface area is 216 Å². The van der Waals surface area contributed by atoms with Gasteiger partial charge in [0.2, 0.25) is 5.91 Å². The topological polar surface area (TPSA) is 76.1 Å². The summed E-state index contributed by atoms with van der Waals surface area (Å²) in [5, 5.41) is 6.00. The molecule has 1 aliphatic heterocycles. The lowest BCUT2D eigenvalue weighted by Crippen LogP contribution is -2.44. The summed E-state index contributed by atoms with van der Waals surface area (Å²) in [4.78, 5) is 20.4. The first-order valence-electron chi connectivity index (χ1n) is 12.2. The number of carbonyl (C=O) groups is 1. The summed E-state index contributed by atoms with van der Waals surface area (Å²) in [6.45, 7) is 3.19. The molecule has 0 saturated carbocycles. The van der Waals surface area contributed by atoms with Crippen LogP contribution in [-0.2, 0) is 22.1 Å². The number of amides is 1. The van der Waals surface area contributed by atoms with Crippen LogP contribution in [0.3, 0.4) is 0 Å². The molecule has 0 aliphatic carbocycles. The number of nitrogens with one attached hydrogen (secondary N) is 2. The van der Waals surface area contributed by atoms with Crippen LogP contribution in [0.25, 0.3) is 0 Å². The largest absolute Gasteiger partial charge is 0.433 e. The second-order valence-electron chi connectivity index (χ2n) is 9.28. The lowest BCUT2D eigenvalue weighted by Gasteiger charge is -2.28. The molecule has 3 heterocycles. The molecule has 3 aromatic rings. The number of anilines is 1. The van der Waals surface area contributed by atoms with E-state index >= 15 is 0 Å². The maximum Gasteiger partial charge on any atom is 0.433 e. The predicted molar refractivity (Wildman–Crippen MR) is 130 cm³/mol. The van der Waals surface area contributed by atoms with Gasteiger partial charge in [0.15, 0.2) is 0 Å². The van der Waals surface area contributed by atoms with Gasteiger partial charge in [0.05, 0.1) is 30.8 Å². The standard InChI is InChI=1S/C27H27F5N4O2/c1-16-15-38-20(12-34-16)7-8-21-23(29)13-33-14-24(21)36-26(37)10-22(17-2-5-19(28)6-3-17)18-4-9-25(35-11-18)27(30,31)32/h2-6,9,11,13-14,16,20,22,34H,7-8,10,12,15H2,1H3,(H,36,37)/t16-,20+,22-/m0/s1. The van der Waals surface area contributed by atoms with Crippen LogP contribution in [0.1, 0.15) is 48.1 Å². The Morgan fingerprint density at radius 3 is 2.47 bits per heavy atom. The molecule has 6 nitrogen and oxygen atoms in total. The van der Waals surface area contributed by atoms with Crippen molar-refractivity contribution in [3.63, 3.8) is 0 Å². The second-order valence-corrected chi connectivity index (χ2v) is 9.28. The van der Waals surface area contributed by atoms with Crippen molar-refractivity contribution in [2.45, 2.75) is 50.4 Å². The molecule has 0 unspecified atom stereocenters. The van der Waals surface area contributed by atoms with Crippen molar-refractivity contribution in [2.24, 2.45) is 0 Å². The number of benzene rings is 1. The van der Waals surface area contributed by atoms with E-state index in [4.69, 9.17) is 4.74 Å². The van der Waals surface area contributed by atoms with E-state index in [-0.39, 0.29) is 29.8 Å². The molecule has 11 heteroatoms. The van der Waals surface area contributed by atoms with E-state index in [0.717, 1.165) is 18.5 Å². The Kier molecular flexibility index (Phi) is 8.68. The van der Waals surface area contributed by atoms with E-state index in [9.17, 15) is 26.7 Å². The Morgan fingerprint density at radius 1 is 1.11 bits per heavy atom. The van der Waals surface area contributed by atoms with Crippen LogP contribution in [0, 0.1) is 11.6 Å². The zero-order valence-corrected chi connectivity index (χ0v) is 20.6. The monoisotopic (exact) mass is 534 g/mol. The number of morpholine rings is 1. The molecule has 1 aromatic carbocycles. The maximum atomic E-state index is 14.7. The van der Waals surface area contributed by atoms with Gasteiger partial charge in [-0.2, -0.15) is 13.2 Å². The van der Waals surface area contributed by atoms with Crippen molar-refractivity contribution < 1.29 is 31.5 Å². The van der Waals surface area contributed by atoms with Crippen molar-refractivity contribution in [2.75, 3.05) is 18.5 Å². The Balaban J connectivity index is 1.51. The number of hydrogen-bond donors (Lipinski definition) is 2. The molecule has 4 rings (SSSR count). The number of nitrogens with zero attached hydrogens (tertiary/aromatic N) is 2. The first-order valence-corrected chi connectivity index (χ1v) is 12.2. The highest BCUT2D eigenvalue weighted by Gasteiger charge is 2.32. The lowest BCUT2D eigenvalue weighted by molar-refractivity contribution is -0.141. The number of alkyl halides is 3. The van der Waals surface area contributed by atoms with Gasteiger partial charge >= 0.3 is 6.18 Å². The van der Waals surface area contributed by atoms with Gasteiger partial charge in [-0.3, -0.25) is 14.8 Å². The summed E-state index contributed by atoms with van der Waals surface area (Å²) in [5.74, 6) is -2.30. The summed E-state index contributed by atoms with van der Waals surface area (Å²) in [6, 6.07) is 7.64. The predicted octanol–water partition coefficient (Wildman–Crippen LogP) is 5.24. The summed E-state index contributed by atoms with van der Waals surface area (Å²) in [5.41, 5.74) is 0.275. The SMILES string of the molecule is C[C@H]1CO[C@H](CCc2c(F)cncc2NC(=O)C[C@@H](c2ccc(F)cc2)c2ccc(C(F)(F)F)nc2)CN1. The van der Waals surface area contributed by atoms with Crippen molar-refractivity contribution >= 4 is 11.6 Å². The molecule has 202 valence electrons. The quantitative estimate of drug-likeness (QED) is 0.387. The van der Waals surface area contributed by atoms with E-state index in [1.54, 1.807) is 0 Å². The molecular formula is C27H27F5N4O2. The van der Waals surface area contributed by atoms with Crippen LogP contribution in [0.15, 0.2) is 55.0 Å². The van der Waals surface area contributed by atoms with Gasteiger partial charge < -0.3 is 15.4 Å². The lowest BCUT2D eigenvalue weighted by atomic mass is 9.89. The molecule has 1 amide bonds. The molecule has 3 atom stereocenters. The van der Waals surface area contributed by atoms with E-state index < -0.39 is 35.3 Å². The fourth-order valence-electron chi connectivity index (χ4n) is 4.33. The number of pyridine rings is 2. The number of rotatable bonds is 8. The number of hydrogen-bond acceptors (Lipinski definition) is 5. The van der Waals surface area contributed by atoms with E-state index in [0.29, 0.717) is 37.1 Å². The first-order chi connectivity index (χ1) is 18.1. The molecule has 1 aliphatic rings. The summed E-state index contributed by atoms with van der Waals surface area (Å²) < 4.78 is 72.9. The van der Waals surface area contributed by atoms with Crippen LogP contribution in [0.5, 0.6) is 0 Å². The zero-order valence-electron chi connectivity index (χ0n) is 20.6. The average molecular weight is 535 g/mol. The fourth-order valence-corrected chi connectivity index (χ4v) is 4.33. The van der Waals surface area contributed by atoms with Gasteiger partial charge in [-0.25, -0.2) is 8.78 Å². The number of ether oxygens (including phenoxy) is 1. The van der Waals surface area contributed by atoms with Gasteiger partial charge in [0, 0.05) is 36.7 Å². The third kappa shape index (κ3) is 7.11. The van der Waals surface area contributed by atoms with Gasteiger partial charge in [-0.1, -0.05) is 18.2 Å². The third-order valence-corrected chi connectivity index (χ3v) is 6.41. The average Bonchev–Trinajstić information content (AvgIpc) is 2.88. The van der Waals surface area contributed by atoms with E-state index in [1.807, 2.05) is 6.92 Å². The molecule has 0 bridgehead atoms. The maximum absolute atomic E-state index is 14.7. The number of carbonyl (C=O) groups excluding carboxylic acids is 1. The van der Waals surface area contributed by atoms with Crippen LogP contribution >= 0.6 is 0 Å². The van der Waals surface area contributed by atoms with Crippen LogP contribution in [0.2, 0.25) is 0 Å². The fraction of sp³-hybridized carbons (Fsp3) is 0.370. The highest BCUT2D eigenvalue weighted by Crippen LogP contribution is 2.32. The molecule has 38 heavy (non-hydrogen) atoms. The molecule has 1 fully saturated rings. The first kappa shape index (κ1) is 27.6. The van der Waals surface area contributed by atoms with Crippen molar-refractivity contribution in [3.05, 3.63) is 89.0 Å². The molecule has 1 saturated heterocycles. The van der Waals surface area contributed by atoms with Crippen LogP contribution < -0.4 is 10.6 Å². The van der Waals surface area contributed by atoms with E-state index in [1.165, 1.54) is 36.5 Å². The highest BCUT2D eigenvalue weighted by atomic mass is 19.4. The molecule has 2 aromatic heterocycles. The van der Waals surface area contributed by atoms with Crippen LogP contribution in [-0.4, -0.2) is 41.2 Å². The minimum absolute atomic E-state index is 0.0997. The molecule has 0 radical (unpaired) electrons. The number of halogens is 5. The van der Waals surface area contributed by atoms with Gasteiger partial charge in [-0.05, 0) is 49.1 Å². The van der Waals surface area contributed by atoms with Gasteiger partial charge in [-0.15, -0.1) is 0 Å². The Hall–Kier alpha value is -3.44.